The van der Waals surface area contributed by atoms with E-state index in [9.17, 15) is 13.2 Å². The number of carbonyl (C=O) groups is 1. The molecule has 0 bridgehead atoms. The van der Waals surface area contributed by atoms with Gasteiger partial charge >= 0.3 is 0 Å². The zero-order valence-electron chi connectivity index (χ0n) is 18.7. The van der Waals surface area contributed by atoms with E-state index in [1.54, 1.807) is 12.1 Å². The van der Waals surface area contributed by atoms with Gasteiger partial charge in [0, 0.05) is 51.0 Å². The van der Waals surface area contributed by atoms with Gasteiger partial charge in [0.05, 0.1) is 26.5 Å². The van der Waals surface area contributed by atoms with Gasteiger partial charge in [-0.05, 0) is 18.2 Å². The number of sulfone groups is 1. The summed E-state index contributed by atoms with van der Waals surface area (Å²) < 4.78 is 27.2. The number of benzene rings is 2. The van der Waals surface area contributed by atoms with Gasteiger partial charge in [0.1, 0.15) is 0 Å². The van der Waals surface area contributed by atoms with Gasteiger partial charge in [0.2, 0.25) is 5.91 Å². The summed E-state index contributed by atoms with van der Waals surface area (Å²) in [5, 5.41) is 0. The molecule has 3 heterocycles. The Labute approximate surface area is 197 Å². The van der Waals surface area contributed by atoms with E-state index in [4.69, 9.17) is 4.98 Å². The first-order valence-corrected chi connectivity index (χ1v) is 13.8. The van der Waals surface area contributed by atoms with Gasteiger partial charge in [-0.1, -0.05) is 48.6 Å². The first-order chi connectivity index (χ1) is 15.8. The smallest absolute Gasteiger partial charge is 0.222 e. The highest BCUT2D eigenvalue weighted by molar-refractivity contribution is 7.90. The average Bonchev–Trinajstić information content (AvgIpc) is 3.35. The van der Waals surface area contributed by atoms with Gasteiger partial charge in [0.25, 0.3) is 0 Å². The minimum Gasteiger partial charge on any atom is -0.340 e. The maximum absolute atomic E-state index is 12.1. The van der Waals surface area contributed by atoms with Crippen molar-refractivity contribution in [2.45, 2.75) is 24.8 Å². The van der Waals surface area contributed by atoms with Crippen molar-refractivity contribution in [3.05, 3.63) is 54.2 Å². The Morgan fingerprint density at radius 2 is 1.79 bits per heavy atom. The maximum Gasteiger partial charge on any atom is 0.222 e. The molecule has 5 rings (SSSR count). The summed E-state index contributed by atoms with van der Waals surface area (Å²) in [6.45, 7) is 5.70. The predicted molar refractivity (Wildman–Crippen MR) is 131 cm³/mol. The van der Waals surface area contributed by atoms with E-state index in [1.807, 2.05) is 36.1 Å². The molecule has 2 aromatic heterocycles. The summed E-state index contributed by atoms with van der Waals surface area (Å²) in [7, 11) is -3.28. The van der Waals surface area contributed by atoms with E-state index < -0.39 is 9.84 Å². The van der Waals surface area contributed by atoms with Crippen molar-refractivity contribution in [2.24, 2.45) is 0 Å². The van der Waals surface area contributed by atoms with Crippen LogP contribution in [0.25, 0.3) is 26.4 Å². The fraction of sp³-hybridized carbons (Fsp3) is 0.333. The van der Waals surface area contributed by atoms with Crippen LogP contribution >= 0.6 is 11.3 Å². The molecule has 33 heavy (non-hydrogen) atoms. The second kappa shape index (κ2) is 8.55. The summed E-state index contributed by atoms with van der Waals surface area (Å²) in [6.07, 6.45) is 1.77. The van der Waals surface area contributed by atoms with E-state index >= 15 is 0 Å². The molecule has 1 fully saturated rings. The number of rotatable bonds is 5. The van der Waals surface area contributed by atoms with E-state index in [1.165, 1.54) is 17.6 Å². The quantitative estimate of drug-likeness (QED) is 0.434. The number of carbonyl (C=O) groups excluding carboxylic acids is 1. The maximum atomic E-state index is 12.1. The van der Waals surface area contributed by atoms with Crippen molar-refractivity contribution in [2.75, 3.05) is 32.4 Å². The lowest BCUT2D eigenvalue weighted by Gasteiger charge is -2.34. The van der Waals surface area contributed by atoms with Crippen LogP contribution in [0.15, 0.2) is 53.4 Å². The van der Waals surface area contributed by atoms with Crippen molar-refractivity contribution in [1.29, 1.82) is 0 Å². The van der Waals surface area contributed by atoms with Crippen LogP contribution in [0.5, 0.6) is 0 Å². The van der Waals surface area contributed by atoms with Crippen LogP contribution in [-0.2, 0) is 21.2 Å². The molecule has 0 spiro atoms. The van der Waals surface area contributed by atoms with Crippen LogP contribution in [0.3, 0.4) is 0 Å². The van der Waals surface area contributed by atoms with Crippen molar-refractivity contribution < 1.29 is 13.2 Å². The molecule has 1 amide bonds. The van der Waals surface area contributed by atoms with Crippen LogP contribution in [0, 0.1) is 0 Å². The highest BCUT2D eigenvalue weighted by Crippen LogP contribution is 2.34. The summed E-state index contributed by atoms with van der Waals surface area (Å²) in [4.78, 5) is 22.5. The number of imidazole rings is 1. The largest absolute Gasteiger partial charge is 0.340 e. The third-order valence-corrected chi connectivity index (χ3v) is 8.31. The van der Waals surface area contributed by atoms with Crippen molar-refractivity contribution in [1.82, 2.24) is 19.2 Å². The second-order valence-corrected chi connectivity index (χ2v) is 11.4. The van der Waals surface area contributed by atoms with E-state index in [0.29, 0.717) is 17.9 Å². The van der Waals surface area contributed by atoms with Gasteiger partial charge < -0.3 is 4.90 Å². The Morgan fingerprint density at radius 1 is 1.06 bits per heavy atom. The zero-order chi connectivity index (χ0) is 23.2. The van der Waals surface area contributed by atoms with Gasteiger partial charge in [-0.25, -0.2) is 13.4 Å². The number of thiazole rings is 1. The molecule has 0 saturated carbocycles. The SMILES string of the molecule is CCC(=O)N1CCN(Cc2c(-c3ccccc3)nc3sc4cc(S(C)(=O)=O)ccc4n23)CC1. The molecule has 9 heteroatoms. The molecule has 0 unspecified atom stereocenters. The topological polar surface area (TPSA) is 75.0 Å². The molecule has 2 aromatic carbocycles. The number of hydrogen-bond donors (Lipinski definition) is 0. The first kappa shape index (κ1) is 22.1. The third-order valence-electron chi connectivity index (χ3n) is 6.19. The average molecular weight is 483 g/mol. The standard InChI is InChI=1S/C24H26N4O3S2/c1-3-22(29)27-13-11-26(12-14-27)16-20-23(17-7-5-4-6-8-17)25-24-28(20)19-10-9-18(33(2,30)31)15-21(19)32-24/h4-10,15H,3,11-14,16H2,1-2H3. The number of fused-ring (bicyclic) bond motifs is 3. The lowest BCUT2D eigenvalue weighted by molar-refractivity contribution is -0.132. The molecular formula is C24H26N4O3S2. The van der Waals surface area contributed by atoms with Crippen LogP contribution in [-0.4, -0.2) is 65.9 Å². The Kier molecular flexibility index (Phi) is 5.72. The van der Waals surface area contributed by atoms with E-state index in [2.05, 4.69) is 21.4 Å². The molecule has 1 saturated heterocycles. The lowest BCUT2D eigenvalue weighted by atomic mass is 10.1. The van der Waals surface area contributed by atoms with Crippen molar-refractivity contribution in [3.8, 4) is 11.3 Å². The van der Waals surface area contributed by atoms with E-state index in [-0.39, 0.29) is 5.91 Å². The normalized spacial score (nSPS) is 15.5. The Hall–Kier alpha value is -2.75. The number of nitrogens with zero attached hydrogens (tertiary/aromatic N) is 4. The minimum atomic E-state index is -3.28. The van der Waals surface area contributed by atoms with Crippen molar-refractivity contribution >= 4 is 42.3 Å². The molecule has 7 nitrogen and oxygen atoms in total. The highest BCUT2D eigenvalue weighted by Gasteiger charge is 2.24. The highest BCUT2D eigenvalue weighted by atomic mass is 32.2. The third kappa shape index (κ3) is 4.16. The summed E-state index contributed by atoms with van der Waals surface area (Å²) in [5.74, 6) is 0.205. The van der Waals surface area contributed by atoms with Crippen LogP contribution in [0.1, 0.15) is 19.0 Å². The molecule has 0 radical (unpaired) electrons. The molecule has 172 valence electrons. The minimum absolute atomic E-state index is 0.205. The Morgan fingerprint density at radius 3 is 2.45 bits per heavy atom. The molecule has 0 N–H and O–H groups in total. The second-order valence-electron chi connectivity index (χ2n) is 8.41. The fourth-order valence-corrected chi connectivity index (χ4v) is 6.21. The lowest BCUT2D eigenvalue weighted by Crippen LogP contribution is -2.48. The Bertz CT molecular complexity index is 1430. The molecule has 0 aliphatic carbocycles. The number of piperazine rings is 1. The number of hydrogen-bond acceptors (Lipinski definition) is 6. The molecular weight excluding hydrogens is 456 g/mol. The summed E-state index contributed by atoms with van der Waals surface area (Å²) >= 11 is 1.51. The van der Waals surface area contributed by atoms with Crippen LogP contribution < -0.4 is 0 Å². The van der Waals surface area contributed by atoms with Crippen molar-refractivity contribution in [3.63, 3.8) is 0 Å². The monoisotopic (exact) mass is 482 g/mol. The first-order valence-electron chi connectivity index (χ1n) is 11.0. The van der Waals surface area contributed by atoms with Crippen LogP contribution in [0.2, 0.25) is 0 Å². The summed E-state index contributed by atoms with van der Waals surface area (Å²) in [5.41, 5.74) is 4.06. The number of amides is 1. The molecule has 0 atom stereocenters. The van der Waals surface area contributed by atoms with Crippen LogP contribution in [0.4, 0.5) is 0 Å². The molecule has 1 aliphatic heterocycles. The molecule has 1 aliphatic rings. The Balaban J connectivity index is 1.57. The van der Waals surface area contributed by atoms with Gasteiger partial charge in [-0.2, -0.15) is 0 Å². The zero-order valence-corrected chi connectivity index (χ0v) is 20.3. The number of aromatic nitrogens is 2. The fourth-order valence-electron chi connectivity index (χ4n) is 4.40. The summed E-state index contributed by atoms with van der Waals surface area (Å²) in [6, 6.07) is 15.4. The van der Waals surface area contributed by atoms with Gasteiger partial charge in [-0.3, -0.25) is 14.1 Å². The van der Waals surface area contributed by atoms with Gasteiger partial charge in [-0.15, -0.1) is 0 Å². The van der Waals surface area contributed by atoms with E-state index in [0.717, 1.165) is 58.3 Å². The predicted octanol–water partition coefficient (Wildman–Crippen LogP) is 3.67. The molecule has 4 aromatic rings. The van der Waals surface area contributed by atoms with Gasteiger partial charge in [0.15, 0.2) is 14.8 Å².